The molecule has 1 unspecified atom stereocenters. The second-order valence-corrected chi connectivity index (χ2v) is 6.26. The van der Waals surface area contributed by atoms with Gasteiger partial charge in [0.05, 0.1) is 12.7 Å². The predicted octanol–water partition coefficient (Wildman–Crippen LogP) is 4.58. The zero-order valence-electron chi connectivity index (χ0n) is 15.4. The molecule has 0 heterocycles. The Morgan fingerprint density at radius 2 is 1.56 bits per heavy atom. The normalized spacial score (nSPS) is 12.3. The number of rotatable bonds is 12. The van der Waals surface area contributed by atoms with Crippen LogP contribution in [0, 0.1) is 0 Å². The fourth-order valence-corrected chi connectivity index (χ4v) is 2.81. The minimum absolute atomic E-state index is 0.319. The monoisotopic (exact) mass is 346 g/mol. The molecule has 2 aromatic rings. The SMILES string of the molecule is CCCCCCC(O)COc1ccc(OCCOC)c2ccccc12. The van der Waals surface area contributed by atoms with Crippen LogP contribution in [0.25, 0.3) is 10.8 Å². The molecule has 0 radical (unpaired) electrons. The summed E-state index contributed by atoms with van der Waals surface area (Å²) in [6, 6.07) is 11.8. The summed E-state index contributed by atoms with van der Waals surface area (Å²) >= 11 is 0. The summed E-state index contributed by atoms with van der Waals surface area (Å²) in [6.45, 7) is 3.57. The number of hydrogen-bond donors (Lipinski definition) is 1. The van der Waals surface area contributed by atoms with Gasteiger partial charge in [-0.05, 0) is 18.6 Å². The Labute approximate surface area is 150 Å². The molecule has 4 nitrogen and oxygen atoms in total. The van der Waals surface area contributed by atoms with Gasteiger partial charge >= 0.3 is 0 Å². The second-order valence-electron chi connectivity index (χ2n) is 6.26. The first-order chi connectivity index (χ1) is 12.3. The molecule has 138 valence electrons. The van der Waals surface area contributed by atoms with E-state index in [2.05, 4.69) is 6.92 Å². The first kappa shape index (κ1) is 19.5. The van der Waals surface area contributed by atoms with Crippen LogP contribution in [0.15, 0.2) is 36.4 Å². The van der Waals surface area contributed by atoms with Crippen molar-refractivity contribution in [1.29, 1.82) is 0 Å². The van der Waals surface area contributed by atoms with Gasteiger partial charge in [0.1, 0.15) is 24.7 Å². The first-order valence-corrected chi connectivity index (χ1v) is 9.20. The highest BCUT2D eigenvalue weighted by Crippen LogP contribution is 2.33. The molecule has 0 aliphatic rings. The predicted molar refractivity (Wildman–Crippen MR) is 102 cm³/mol. The average molecular weight is 346 g/mol. The zero-order valence-corrected chi connectivity index (χ0v) is 15.4. The van der Waals surface area contributed by atoms with Crippen molar-refractivity contribution in [2.45, 2.75) is 45.1 Å². The van der Waals surface area contributed by atoms with Crippen molar-refractivity contribution in [3.8, 4) is 11.5 Å². The lowest BCUT2D eigenvalue weighted by atomic mass is 10.1. The van der Waals surface area contributed by atoms with Crippen molar-refractivity contribution < 1.29 is 19.3 Å². The van der Waals surface area contributed by atoms with Crippen LogP contribution in [0.2, 0.25) is 0 Å². The standard InChI is InChI=1S/C21H30O4/c1-3-4-5-6-9-17(22)16-25-21-13-12-20(24-15-14-23-2)18-10-7-8-11-19(18)21/h7-8,10-13,17,22H,3-6,9,14-16H2,1-2H3. The average Bonchev–Trinajstić information content (AvgIpc) is 2.64. The number of hydrogen-bond acceptors (Lipinski definition) is 4. The molecule has 1 N–H and O–H groups in total. The minimum Gasteiger partial charge on any atom is -0.491 e. The summed E-state index contributed by atoms with van der Waals surface area (Å²) in [5.74, 6) is 1.60. The molecule has 0 spiro atoms. The number of fused-ring (bicyclic) bond motifs is 1. The summed E-state index contributed by atoms with van der Waals surface area (Å²) in [5, 5.41) is 12.1. The highest BCUT2D eigenvalue weighted by atomic mass is 16.5. The summed E-state index contributed by atoms with van der Waals surface area (Å²) in [6.07, 6.45) is 5.01. The zero-order chi connectivity index (χ0) is 17.9. The molecule has 0 amide bonds. The Kier molecular flexibility index (Phi) is 8.56. The Bertz CT molecular complexity index is 626. The molecule has 0 bridgehead atoms. The van der Waals surface area contributed by atoms with E-state index in [0.29, 0.717) is 19.8 Å². The van der Waals surface area contributed by atoms with Crippen LogP contribution < -0.4 is 9.47 Å². The third kappa shape index (κ3) is 6.22. The molecule has 0 fully saturated rings. The van der Waals surface area contributed by atoms with Crippen molar-refractivity contribution in [1.82, 2.24) is 0 Å². The lowest BCUT2D eigenvalue weighted by Crippen LogP contribution is -2.17. The number of ether oxygens (including phenoxy) is 3. The Morgan fingerprint density at radius 3 is 2.20 bits per heavy atom. The smallest absolute Gasteiger partial charge is 0.127 e. The van der Waals surface area contributed by atoms with Gasteiger partial charge in [-0.25, -0.2) is 0 Å². The van der Waals surface area contributed by atoms with Gasteiger partial charge in [-0.2, -0.15) is 0 Å². The maximum atomic E-state index is 10.1. The lowest BCUT2D eigenvalue weighted by molar-refractivity contribution is 0.0982. The number of aliphatic hydroxyl groups is 1. The topological polar surface area (TPSA) is 47.9 Å². The summed E-state index contributed by atoms with van der Waals surface area (Å²) in [5.41, 5.74) is 0. The lowest BCUT2D eigenvalue weighted by Gasteiger charge is -2.15. The van der Waals surface area contributed by atoms with Gasteiger partial charge in [0.15, 0.2) is 0 Å². The van der Waals surface area contributed by atoms with E-state index in [1.807, 2.05) is 36.4 Å². The summed E-state index contributed by atoms with van der Waals surface area (Å²) in [4.78, 5) is 0. The van der Waals surface area contributed by atoms with Crippen molar-refractivity contribution in [2.24, 2.45) is 0 Å². The van der Waals surface area contributed by atoms with Crippen molar-refractivity contribution >= 4 is 10.8 Å². The molecule has 2 aromatic carbocycles. The quantitative estimate of drug-likeness (QED) is 0.572. The highest BCUT2D eigenvalue weighted by molar-refractivity contribution is 5.93. The van der Waals surface area contributed by atoms with E-state index in [9.17, 15) is 5.11 Å². The van der Waals surface area contributed by atoms with E-state index in [4.69, 9.17) is 14.2 Å². The molecule has 2 rings (SSSR count). The van der Waals surface area contributed by atoms with Crippen LogP contribution in [-0.2, 0) is 4.74 Å². The first-order valence-electron chi connectivity index (χ1n) is 9.20. The minimum atomic E-state index is -0.423. The Balaban J connectivity index is 1.98. The van der Waals surface area contributed by atoms with Gasteiger partial charge in [-0.3, -0.25) is 0 Å². The van der Waals surface area contributed by atoms with Crippen LogP contribution in [0.3, 0.4) is 0 Å². The van der Waals surface area contributed by atoms with Crippen molar-refractivity contribution in [3.05, 3.63) is 36.4 Å². The maximum absolute atomic E-state index is 10.1. The molecular weight excluding hydrogens is 316 g/mol. The molecule has 0 saturated heterocycles. The van der Waals surface area contributed by atoms with Crippen LogP contribution in [0.1, 0.15) is 39.0 Å². The maximum Gasteiger partial charge on any atom is 0.127 e. The van der Waals surface area contributed by atoms with E-state index in [0.717, 1.165) is 35.1 Å². The number of unbranched alkanes of at least 4 members (excludes halogenated alkanes) is 3. The van der Waals surface area contributed by atoms with E-state index in [1.165, 1.54) is 19.3 Å². The molecule has 1 atom stereocenters. The van der Waals surface area contributed by atoms with Gasteiger partial charge < -0.3 is 19.3 Å². The summed E-state index contributed by atoms with van der Waals surface area (Å²) < 4.78 is 16.7. The Morgan fingerprint density at radius 1 is 0.880 bits per heavy atom. The molecule has 25 heavy (non-hydrogen) atoms. The van der Waals surface area contributed by atoms with Crippen LogP contribution >= 0.6 is 0 Å². The molecule has 0 saturated carbocycles. The van der Waals surface area contributed by atoms with E-state index in [1.54, 1.807) is 7.11 Å². The third-order valence-electron chi connectivity index (χ3n) is 4.21. The van der Waals surface area contributed by atoms with Crippen LogP contribution in [0.5, 0.6) is 11.5 Å². The van der Waals surface area contributed by atoms with E-state index >= 15 is 0 Å². The number of benzene rings is 2. The summed E-state index contributed by atoms with van der Waals surface area (Å²) in [7, 11) is 1.66. The fraction of sp³-hybridized carbons (Fsp3) is 0.524. The van der Waals surface area contributed by atoms with E-state index in [-0.39, 0.29) is 0 Å². The van der Waals surface area contributed by atoms with Crippen LogP contribution in [0.4, 0.5) is 0 Å². The Hall–Kier alpha value is -1.78. The molecule has 0 aliphatic carbocycles. The largest absolute Gasteiger partial charge is 0.491 e. The number of methoxy groups -OCH3 is 1. The molecule has 0 aromatic heterocycles. The van der Waals surface area contributed by atoms with Crippen LogP contribution in [-0.4, -0.2) is 38.1 Å². The van der Waals surface area contributed by atoms with Gasteiger partial charge in [0.25, 0.3) is 0 Å². The van der Waals surface area contributed by atoms with E-state index < -0.39 is 6.10 Å². The second kappa shape index (κ2) is 11.0. The van der Waals surface area contributed by atoms with Crippen molar-refractivity contribution in [3.63, 3.8) is 0 Å². The molecule has 0 aliphatic heterocycles. The third-order valence-corrected chi connectivity index (χ3v) is 4.21. The molecular formula is C21H30O4. The highest BCUT2D eigenvalue weighted by Gasteiger charge is 2.10. The van der Waals surface area contributed by atoms with Gasteiger partial charge in [-0.15, -0.1) is 0 Å². The van der Waals surface area contributed by atoms with Gasteiger partial charge in [-0.1, -0.05) is 56.9 Å². The number of aliphatic hydroxyl groups excluding tert-OH is 1. The van der Waals surface area contributed by atoms with Gasteiger partial charge in [0.2, 0.25) is 0 Å². The molecule has 4 heteroatoms. The van der Waals surface area contributed by atoms with Crippen molar-refractivity contribution in [2.75, 3.05) is 26.9 Å². The fourth-order valence-electron chi connectivity index (χ4n) is 2.81. The van der Waals surface area contributed by atoms with Gasteiger partial charge in [0, 0.05) is 17.9 Å².